The van der Waals surface area contributed by atoms with E-state index in [4.69, 9.17) is 17.2 Å². The molecule has 0 saturated heterocycles. The fraction of sp³-hybridized carbons (Fsp3) is 0.467. The van der Waals surface area contributed by atoms with E-state index in [2.05, 4.69) is 47.1 Å². The molecule has 0 atom stereocenters. The van der Waals surface area contributed by atoms with Gasteiger partial charge in [-0.2, -0.15) is 0 Å². The van der Waals surface area contributed by atoms with Crippen LogP contribution in [0.3, 0.4) is 0 Å². The molecule has 0 bridgehead atoms. The fourth-order valence-electron chi connectivity index (χ4n) is 2.71. The van der Waals surface area contributed by atoms with E-state index in [0.717, 1.165) is 49.2 Å². The molecule has 0 amide bonds. The van der Waals surface area contributed by atoms with E-state index in [1.165, 1.54) is 10.4 Å². The summed E-state index contributed by atoms with van der Waals surface area (Å²) in [5.74, 6) is 0.965. The first-order chi connectivity index (χ1) is 10.2. The predicted octanol–water partition coefficient (Wildman–Crippen LogP) is 0.265. The van der Waals surface area contributed by atoms with Crippen LogP contribution in [0.4, 0.5) is 5.95 Å². The highest BCUT2D eigenvalue weighted by molar-refractivity contribution is 7.80. The third-order valence-corrected chi connectivity index (χ3v) is 4.16. The van der Waals surface area contributed by atoms with Gasteiger partial charge in [0, 0.05) is 26.1 Å². The first-order valence-electron chi connectivity index (χ1n) is 7.46. The summed E-state index contributed by atoms with van der Waals surface area (Å²) in [7, 11) is 4.34. The second kappa shape index (κ2) is 5.99. The monoisotopic (exact) mass is 304 g/mol. The van der Waals surface area contributed by atoms with Crippen LogP contribution in [0.15, 0.2) is 24.3 Å². The number of imidazole rings is 1. The highest BCUT2D eigenvalue weighted by Gasteiger charge is 2.25. The van der Waals surface area contributed by atoms with E-state index in [1.54, 1.807) is 0 Å². The number of aromatic nitrogens is 2. The molecule has 1 aliphatic heterocycles. The number of fused-ring (bicyclic) bond motifs is 3. The summed E-state index contributed by atoms with van der Waals surface area (Å²) in [5.41, 5.74) is 2.23. The van der Waals surface area contributed by atoms with Crippen molar-refractivity contribution in [1.82, 2.24) is 14.9 Å². The zero-order chi connectivity index (χ0) is 14.8. The minimum atomic E-state index is 0.790. The molecule has 3 rings (SSSR count). The Kier molecular flexibility index (Phi) is 4.07. The number of quaternary nitrogens is 1. The second-order valence-electron chi connectivity index (χ2n) is 5.75. The van der Waals surface area contributed by atoms with E-state index in [0.29, 0.717) is 0 Å². The molecule has 2 N–H and O–H groups in total. The third kappa shape index (κ3) is 2.87. The first kappa shape index (κ1) is 14.3. The van der Waals surface area contributed by atoms with Crippen molar-refractivity contribution in [1.29, 1.82) is 0 Å². The van der Waals surface area contributed by atoms with Gasteiger partial charge in [0.25, 0.3) is 0 Å². The topological polar surface area (TPSA) is 37.5 Å². The largest absolute Gasteiger partial charge is 0.362 e. The van der Waals surface area contributed by atoms with Gasteiger partial charge >= 0.3 is 0 Å². The Morgan fingerprint density at radius 2 is 2.14 bits per heavy atom. The Hall–Kier alpha value is -1.66. The van der Waals surface area contributed by atoms with Crippen LogP contribution in [0, 0.1) is 0 Å². The molecule has 112 valence electrons. The molecule has 5 nitrogen and oxygen atoms in total. The van der Waals surface area contributed by atoms with Gasteiger partial charge in [0.2, 0.25) is 5.95 Å². The quantitative estimate of drug-likeness (QED) is 0.628. The van der Waals surface area contributed by atoms with Crippen LogP contribution in [-0.4, -0.2) is 48.4 Å². The Morgan fingerprint density at radius 1 is 1.33 bits per heavy atom. The van der Waals surface area contributed by atoms with Crippen molar-refractivity contribution in [3.63, 3.8) is 0 Å². The van der Waals surface area contributed by atoms with Crippen LogP contribution in [0.1, 0.15) is 6.42 Å². The number of hydrogen-bond acceptors (Lipinski definition) is 2. The number of para-hydroxylation sites is 2. The Morgan fingerprint density at radius 3 is 2.95 bits per heavy atom. The SMILES string of the molecule is C[NH+](C)CCCNC(=S)N1CCn2c1nc1ccccc12. The maximum Gasteiger partial charge on any atom is 0.213 e. The summed E-state index contributed by atoms with van der Waals surface area (Å²) in [6.07, 6.45) is 1.12. The molecule has 0 spiro atoms. The minimum Gasteiger partial charge on any atom is -0.362 e. The lowest BCUT2D eigenvalue weighted by atomic mass is 10.3. The van der Waals surface area contributed by atoms with Gasteiger partial charge in [-0.25, -0.2) is 4.98 Å². The highest BCUT2D eigenvalue weighted by atomic mass is 32.1. The van der Waals surface area contributed by atoms with Gasteiger partial charge in [-0.3, -0.25) is 4.90 Å². The van der Waals surface area contributed by atoms with Crippen LogP contribution < -0.4 is 15.1 Å². The van der Waals surface area contributed by atoms with Gasteiger partial charge in [0.15, 0.2) is 5.11 Å². The zero-order valence-corrected chi connectivity index (χ0v) is 13.4. The molecule has 0 saturated carbocycles. The fourth-order valence-corrected chi connectivity index (χ4v) is 2.99. The van der Waals surface area contributed by atoms with Crippen molar-refractivity contribution in [2.45, 2.75) is 13.0 Å². The van der Waals surface area contributed by atoms with Crippen molar-refractivity contribution < 1.29 is 4.90 Å². The number of thiocarbonyl (C=S) groups is 1. The van der Waals surface area contributed by atoms with Gasteiger partial charge in [0.1, 0.15) is 0 Å². The lowest BCUT2D eigenvalue weighted by Gasteiger charge is -2.18. The maximum absolute atomic E-state index is 5.53. The van der Waals surface area contributed by atoms with Crippen molar-refractivity contribution >= 4 is 34.3 Å². The summed E-state index contributed by atoms with van der Waals surface area (Å²) in [6.45, 7) is 3.91. The summed E-state index contributed by atoms with van der Waals surface area (Å²) in [5, 5.41) is 4.15. The van der Waals surface area contributed by atoms with Crippen LogP contribution in [-0.2, 0) is 6.54 Å². The Bertz CT molecular complexity index is 649. The first-order valence-corrected chi connectivity index (χ1v) is 7.87. The lowest BCUT2D eigenvalue weighted by Crippen LogP contribution is -3.05. The van der Waals surface area contributed by atoms with Crippen molar-refractivity contribution in [3.05, 3.63) is 24.3 Å². The smallest absolute Gasteiger partial charge is 0.213 e. The number of anilines is 1. The number of nitrogens with one attached hydrogen (secondary N) is 2. The van der Waals surface area contributed by atoms with Gasteiger partial charge < -0.3 is 14.8 Å². The van der Waals surface area contributed by atoms with Crippen molar-refractivity contribution in [3.8, 4) is 0 Å². The molecular formula is C15H22N5S+. The lowest BCUT2D eigenvalue weighted by molar-refractivity contribution is -0.858. The van der Waals surface area contributed by atoms with Crippen LogP contribution in [0.25, 0.3) is 11.0 Å². The summed E-state index contributed by atoms with van der Waals surface area (Å²) >= 11 is 5.53. The van der Waals surface area contributed by atoms with Crippen molar-refractivity contribution in [2.24, 2.45) is 0 Å². The van der Waals surface area contributed by atoms with E-state index in [9.17, 15) is 0 Å². The molecular weight excluding hydrogens is 282 g/mol. The van der Waals surface area contributed by atoms with Crippen LogP contribution in [0.2, 0.25) is 0 Å². The molecule has 0 radical (unpaired) electrons. The molecule has 1 aromatic heterocycles. The highest BCUT2D eigenvalue weighted by Crippen LogP contribution is 2.26. The molecule has 2 heterocycles. The molecule has 2 aromatic rings. The second-order valence-corrected chi connectivity index (χ2v) is 6.13. The predicted molar refractivity (Wildman–Crippen MR) is 90.0 cm³/mol. The maximum atomic E-state index is 5.53. The molecule has 1 aromatic carbocycles. The Balaban J connectivity index is 1.68. The van der Waals surface area contributed by atoms with Crippen LogP contribution >= 0.6 is 12.2 Å². The summed E-state index contributed by atoms with van der Waals surface area (Å²) < 4.78 is 2.24. The summed E-state index contributed by atoms with van der Waals surface area (Å²) in [4.78, 5) is 8.28. The zero-order valence-electron chi connectivity index (χ0n) is 12.6. The van der Waals surface area contributed by atoms with Crippen molar-refractivity contribution in [2.75, 3.05) is 38.6 Å². The molecule has 1 aliphatic rings. The van der Waals surface area contributed by atoms with E-state index >= 15 is 0 Å². The van der Waals surface area contributed by atoms with Gasteiger partial charge in [-0.1, -0.05) is 12.1 Å². The van der Waals surface area contributed by atoms with E-state index in [1.807, 2.05) is 6.07 Å². The van der Waals surface area contributed by atoms with Crippen LogP contribution in [0.5, 0.6) is 0 Å². The normalized spacial score (nSPS) is 14.0. The Labute approximate surface area is 130 Å². The number of rotatable bonds is 4. The van der Waals surface area contributed by atoms with Gasteiger partial charge in [0.05, 0.1) is 31.7 Å². The van der Waals surface area contributed by atoms with Gasteiger partial charge in [-0.15, -0.1) is 0 Å². The number of benzene rings is 1. The van der Waals surface area contributed by atoms with E-state index in [-0.39, 0.29) is 0 Å². The standard InChI is InChI=1S/C15H21N5S/c1-18(2)9-5-8-16-15(21)20-11-10-19-13-7-4-3-6-12(13)17-14(19)20/h3-4,6-7H,5,8-11H2,1-2H3,(H,16,21)/p+1. The molecule has 0 unspecified atom stereocenters. The minimum absolute atomic E-state index is 0.790. The number of hydrogen-bond donors (Lipinski definition) is 2. The third-order valence-electron chi connectivity index (χ3n) is 3.80. The molecule has 21 heavy (non-hydrogen) atoms. The molecule has 0 aliphatic carbocycles. The molecule has 0 fully saturated rings. The summed E-state index contributed by atoms with van der Waals surface area (Å²) in [6, 6.07) is 8.25. The van der Waals surface area contributed by atoms with Gasteiger partial charge in [-0.05, 0) is 24.4 Å². The average molecular weight is 304 g/mol. The average Bonchev–Trinajstić information content (AvgIpc) is 3.01. The number of nitrogens with zero attached hydrogens (tertiary/aromatic N) is 3. The molecule has 6 heteroatoms. The van der Waals surface area contributed by atoms with E-state index < -0.39 is 0 Å².